The molecule has 29 heavy (non-hydrogen) atoms. The summed E-state index contributed by atoms with van der Waals surface area (Å²) in [5.74, 6) is 0.286. The fourth-order valence-electron chi connectivity index (χ4n) is 3.39. The molecule has 5 nitrogen and oxygen atoms in total. The smallest absolute Gasteiger partial charge is 0.324 e. The molecule has 1 N–H and O–H groups in total. The van der Waals surface area contributed by atoms with Gasteiger partial charge >= 0.3 is 6.41 Å². The van der Waals surface area contributed by atoms with Gasteiger partial charge in [-0.15, -0.1) is 0 Å². The van der Waals surface area contributed by atoms with Crippen LogP contribution in [0.5, 0.6) is 5.75 Å². The van der Waals surface area contributed by atoms with Gasteiger partial charge in [-0.25, -0.2) is 13.1 Å². The van der Waals surface area contributed by atoms with Crippen LogP contribution in [0.1, 0.15) is 97.5 Å². The molecular formula is C23H38NO4S. The lowest BCUT2D eigenvalue weighted by Crippen LogP contribution is -2.24. The van der Waals surface area contributed by atoms with Gasteiger partial charge in [0, 0.05) is 0 Å². The van der Waals surface area contributed by atoms with Gasteiger partial charge in [0.2, 0.25) is 0 Å². The number of rotatable bonds is 16. The van der Waals surface area contributed by atoms with Gasteiger partial charge in [-0.05, 0) is 36.0 Å². The van der Waals surface area contributed by atoms with Crippen LogP contribution in [-0.2, 0) is 20.2 Å². The summed E-state index contributed by atoms with van der Waals surface area (Å²) in [6, 6.07) is 5.29. The average Bonchev–Trinajstić information content (AvgIpc) is 2.67. The van der Waals surface area contributed by atoms with Gasteiger partial charge in [-0.2, -0.15) is 0 Å². The molecule has 0 aliphatic rings. The highest BCUT2D eigenvalue weighted by molar-refractivity contribution is 7.90. The first-order chi connectivity index (χ1) is 13.8. The van der Waals surface area contributed by atoms with E-state index >= 15 is 0 Å². The molecule has 0 spiro atoms. The molecule has 0 saturated carbocycles. The quantitative estimate of drug-likeness (QED) is 0.276. The number of carbonyl (C=O) groups excluding carboxylic acids is 1. The second-order valence-electron chi connectivity index (χ2n) is 8.33. The molecule has 0 atom stereocenters. The maximum absolute atomic E-state index is 12.5. The zero-order chi connectivity index (χ0) is 21.8. The van der Waals surface area contributed by atoms with Crippen LogP contribution < -0.4 is 9.46 Å². The molecule has 165 valence electrons. The van der Waals surface area contributed by atoms with Crippen molar-refractivity contribution >= 4 is 16.4 Å². The fraction of sp³-hybridized carbons (Fsp3) is 0.696. The van der Waals surface area contributed by atoms with Gasteiger partial charge in [-0.3, -0.25) is 4.79 Å². The molecule has 0 fully saturated rings. The minimum Gasteiger partial charge on any atom is -0.492 e. The number of benzene rings is 1. The predicted molar refractivity (Wildman–Crippen MR) is 118 cm³/mol. The van der Waals surface area contributed by atoms with E-state index in [1.165, 1.54) is 25.7 Å². The number of nitrogens with one attached hydrogen (secondary N) is 1. The molecular weight excluding hydrogens is 386 g/mol. The first-order valence-corrected chi connectivity index (χ1v) is 12.4. The minimum absolute atomic E-state index is 0.00731. The zero-order valence-electron chi connectivity index (χ0n) is 18.6. The normalized spacial score (nSPS) is 12.0. The lowest BCUT2D eigenvalue weighted by atomic mass is 9.80. The molecule has 1 rings (SSSR count). The lowest BCUT2D eigenvalue weighted by Gasteiger charge is -2.26. The van der Waals surface area contributed by atoms with Crippen LogP contribution in [0.3, 0.4) is 0 Å². The van der Waals surface area contributed by atoms with Crippen LogP contribution in [0.4, 0.5) is 0 Å². The first-order valence-electron chi connectivity index (χ1n) is 10.9. The number of ether oxygens (including phenoxy) is 1. The Balaban J connectivity index is 2.94. The zero-order valence-corrected chi connectivity index (χ0v) is 19.4. The monoisotopic (exact) mass is 424 g/mol. The fourth-order valence-corrected chi connectivity index (χ4v) is 4.29. The summed E-state index contributed by atoms with van der Waals surface area (Å²) in [4.78, 5) is 10.7. The summed E-state index contributed by atoms with van der Waals surface area (Å²) in [6.45, 7) is 9.04. The van der Waals surface area contributed by atoms with E-state index in [2.05, 4.69) is 27.7 Å². The van der Waals surface area contributed by atoms with Crippen molar-refractivity contribution in [2.75, 3.05) is 6.61 Å². The lowest BCUT2D eigenvalue weighted by molar-refractivity contribution is 0.296. The van der Waals surface area contributed by atoms with Gasteiger partial charge in [0.15, 0.2) is 0 Å². The highest BCUT2D eigenvalue weighted by atomic mass is 32.2. The Morgan fingerprint density at radius 1 is 0.966 bits per heavy atom. The summed E-state index contributed by atoms with van der Waals surface area (Å²) in [6.07, 6.45) is 12.4. The van der Waals surface area contributed by atoms with Crippen LogP contribution in [0, 0.1) is 0 Å². The third-order valence-corrected chi connectivity index (χ3v) is 6.60. The van der Waals surface area contributed by atoms with Crippen molar-refractivity contribution < 1.29 is 17.9 Å². The third kappa shape index (κ3) is 8.77. The Morgan fingerprint density at radius 3 is 2.24 bits per heavy atom. The molecule has 0 aromatic heterocycles. The van der Waals surface area contributed by atoms with Crippen LogP contribution in [-0.4, -0.2) is 21.4 Å². The summed E-state index contributed by atoms with van der Waals surface area (Å²) in [5, 5.41) is 0. The van der Waals surface area contributed by atoms with E-state index in [-0.39, 0.29) is 16.1 Å². The largest absolute Gasteiger partial charge is 0.492 e. The van der Waals surface area contributed by atoms with E-state index in [9.17, 15) is 13.2 Å². The van der Waals surface area contributed by atoms with Crippen LogP contribution in [0.15, 0.2) is 23.1 Å². The molecule has 0 heterocycles. The van der Waals surface area contributed by atoms with Crippen molar-refractivity contribution in [2.45, 2.75) is 102 Å². The van der Waals surface area contributed by atoms with Crippen molar-refractivity contribution in [1.82, 2.24) is 4.72 Å². The standard InChI is InChI=1S/C23H38NO4S/c1-5-7-9-10-11-13-17-28-21-15-14-20(23(3,4)16-12-8-6-2)18-22(21)29(26,27)24-19-25/h14-15,18H,5-13,16-17H2,1-4H3,(H,24,25). The van der Waals surface area contributed by atoms with Gasteiger partial charge in [0.1, 0.15) is 10.6 Å². The second-order valence-corrected chi connectivity index (χ2v) is 9.98. The van der Waals surface area contributed by atoms with E-state index in [1.807, 2.05) is 10.8 Å². The molecule has 0 aliphatic carbocycles. The Morgan fingerprint density at radius 2 is 1.59 bits per heavy atom. The van der Waals surface area contributed by atoms with Gasteiger partial charge in [0.05, 0.1) is 6.61 Å². The van der Waals surface area contributed by atoms with Crippen LogP contribution in [0.2, 0.25) is 0 Å². The van der Waals surface area contributed by atoms with Gasteiger partial charge < -0.3 is 4.74 Å². The highest BCUT2D eigenvalue weighted by Gasteiger charge is 2.26. The van der Waals surface area contributed by atoms with Gasteiger partial charge in [0.25, 0.3) is 10.0 Å². The molecule has 0 bridgehead atoms. The van der Waals surface area contributed by atoms with Crippen LogP contribution in [0.25, 0.3) is 0 Å². The Labute approximate surface area is 177 Å². The van der Waals surface area contributed by atoms with E-state index in [0.717, 1.165) is 50.5 Å². The van der Waals surface area contributed by atoms with Crippen LogP contribution >= 0.6 is 0 Å². The molecule has 6 heteroatoms. The molecule has 0 unspecified atom stereocenters. The van der Waals surface area contributed by atoms with Gasteiger partial charge in [-0.1, -0.05) is 85.1 Å². The molecule has 1 amide bonds. The third-order valence-electron chi connectivity index (χ3n) is 5.35. The summed E-state index contributed by atoms with van der Waals surface area (Å²) in [5.41, 5.74) is 0.758. The number of unbranched alkanes of at least 4 members (excludes halogenated alkanes) is 7. The molecule has 0 saturated heterocycles. The van der Waals surface area contributed by atoms with E-state index in [4.69, 9.17) is 4.74 Å². The van der Waals surface area contributed by atoms with Crippen molar-refractivity contribution in [3.05, 3.63) is 23.8 Å². The van der Waals surface area contributed by atoms with Crippen molar-refractivity contribution in [2.24, 2.45) is 0 Å². The minimum atomic E-state index is -4.00. The van der Waals surface area contributed by atoms with E-state index < -0.39 is 10.0 Å². The maximum atomic E-state index is 12.5. The summed E-state index contributed by atoms with van der Waals surface area (Å²) >= 11 is 0. The number of hydrogen-bond donors (Lipinski definition) is 1. The number of hydrogen-bond acceptors (Lipinski definition) is 4. The van der Waals surface area contributed by atoms with Crippen molar-refractivity contribution in [3.8, 4) is 5.75 Å². The molecule has 1 aromatic rings. The summed E-state index contributed by atoms with van der Waals surface area (Å²) < 4.78 is 32.7. The molecule has 1 radical (unpaired) electrons. The van der Waals surface area contributed by atoms with E-state index in [0.29, 0.717) is 6.61 Å². The average molecular weight is 425 g/mol. The van der Waals surface area contributed by atoms with E-state index in [1.54, 1.807) is 12.1 Å². The molecule has 0 aliphatic heterocycles. The maximum Gasteiger partial charge on any atom is 0.324 e. The second kappa shape index (κ2) is 12.9. The SMILES string of the molecule is CCCCCCCCOc1ccc(C(C)(C)CCCCC)cc1S(=O)(=O)N[C]=O. The number of sulfonamides is 1. The topological polar surface area (TPSA) is 72.5 Å². The Kier molecular flexibility index (Phi) is 11.3. The first kappa shape index (κ1) is 25.5. The predicted octanol–water partition coefficient (Wildman–Crippen LogP) is 5.63. The Hall–Kier alpha value is -1.56. The Bertz CT molecular complexity index is 714. The molecule has 1 aromatic carbocycles. The van der Waals surface area contributed by atoms with Crippen molar-refractivity contribution in [3.63, 3.8) is 0 Å². The number of amides is 1. The summed E-state index contributed by atoms with van der Waals surface area (Å²) in [7, 11) is -4.00. The highest BCUT2D eigenvalue weighted by Crippen LogP contribution is 2.34. The van der Waals surface area contributed by atoms with Crippen molar-refractivity contribution in [1.29, 1.82) is 0 Å².